The summed E-state index contributed by atoms with van der Waals surface area (Å²) in [4.78, 5) is 0. The van der Waals surface area contributed by atoms with Crippen molar-refractivity contribution < 1.29 is 82.8 Å². The van der Waals surface area contributed by atoms with Gasteiger partial charge in [0.1, 0.15) is 0 Å². The normalized spacial score (nSPS) is 7.73. The van der Waals surface area contributed by atoms with Crippen LogP contribution >= 0.6 is 0 Å². The largest absolute Gasteiger partial charge is 4.00 e. The standard InChI is InChI=1S/Hf.2H2O4S.4H2O/c;2*1-5(2,3)4;;;;/h;2*(H2,1,2,3,4);4*1H2/q+4;;;;;;/p-4. The summed E-state index contributed by atoms with van der Waals surface area (Å²) in [5.74, 6) is 0. The molecule has 12 nitrogen and oxygen atoms in total. The Hall–Kier alpha value is 0.450. The molecule has 0 aromatic heterocycles. The van der Waals surface area contributed by atoms with Crippen LogP contribution in [0.3, 0.4) is 0 Å². The Balaban J connectivity index is -0.0000000128. The van der Waals surface area contributed by atoms with E-state index in [9.17, 15) is 0 Å². The third kappa shape index (κ3) is 11100. The van der Waals surface area contributed by atoms with Crippen molar-refractivity contribution in [1.82, 2.24) is 0 Å². The summed E-state index contributed by atoms with van der Waals surface area (Å²) < 4.78 is 68.2. The first-order valence-electron chi connectivity index (χ1n) is 1.33. The van der Waals surface area contributed by atoms with E-state index >= 15 is 0 Å². The maximum atomic E-state index is 8.52. The predicted molar refractivity (Wildman–Crippen MR) is 35.4 cm³/mol. The van der Waals surface area contributed by atoms with Crippen LogP contribution in [0.15, 0.2) is 0 Å². The van der Waals surface area contributed by atoms with Crippen molar-refractivity contribution in [1.29, 1.82) is 0 Å². The van der Waals surface area contributed by atoms with Crippen LogP contribution in [0.4, 0.5) is 0 Å². The summed E-state index contributed by atoms with van der Waals surface area (Å²) in [5, 5.41) is 0. The molecule has 0 aromatic rings. The third-order valence-corrected chi connectivity index (χ3v) is 0. The first kappa shape index (κ1) is 45.2. The van der Waals surface area contributed by atoms with Crippen molar-refractivity contribution in [2.75, 3.05) is 0 Å². The molecule has 0 bridgehead atoms. The number of hydrogen-bond acceptors (Lipinski definition) is 8. The van der Waals surface area contributed by atoms with Gasteiger partial charge in [-0.05, 0) is 0 Å². The van der Waals surface area contributed by atoms with E-state index in [1.165, 1.54) is 0 Å². The molecule has 0 saturated carbocycles. The van der Waals surface area contributed by atoms with Crippen LogP contribution in [0.25, 0.3) is 0 Å². The molecule has 0 heterocycles. The average Bonchev–Trinajstić information content (AvgIpc) is 1.12. The van der Waals surface area contributed by atoms with Gasteiger partial charge in [-0.2, -0.15) is 0 Å². The molecule has 15 heavy (non-hydrogen) atoms. The van der Waals surface area contributed by atoms with E-state index < -0.39 is 20.8 Å². The topological polar surface area (TPSA) is 287 Å². The monoisotopic (exact) mass is 444 g/mol. The fraction of sp³-hybridized carbons (Fsp3) is 0. The summed E-state index contributed by atoms with van der Waals surface area (Å²) >= 11 is 0. The maximum Gasteiger partial charge on any atom is 4.00 e. The quantitative estimate of drug-likeness (QED) is 0.197. The maximum absolute atomic E-state index is 8.52. The Morgan fingerprint density at radius 3 is 0.533 bits per heavy atom. The second-order valence-electron chi connectivity index (χ2n) is 0.816. The summed E-state index contributed by atoms with van der Waals surface area (Å²) in [5.41, 5.74) is 0. The molecule has 0 rings (SSSR count). The van der Waals surface area contributed by atoms with Crippen LogP contribution in [-0.4, -0.2) is 57.0 Å². The first-order chi connectivity index (χ1) is 4.00. The van der Waals surface area contributed by atoms with Gasteiger partial charge in [-0.3, -0.25) is 16.8 Å². The predicted octanol–water partition coefficient (Wildman–Crippen LogP) is -5.98. The molecule has 0 aromatic carbocycles. The summed E-state index contributed by atoms with van der Waals surface area (Å²) in [6.45, 7) is 0. The van der Waals surface area contributed by atoms with E-state index in [1.807, 2.05) is 0 Å². The zero-order valence-electron chi connectivity index (χ0n) is 6.58. The number of hydrogen-bond donors (Lipinski definition) is 0. The molecule has 0 spiro atoms. The minimum absolute atomic E-state index is 0. The smallest absolute Gasteiger partial charge is 0.759 e. The minimum Gasteiger partial charge on any atom is -0.759 e. The Morgan fingerprint density at radius 1 is 0.533 bits per heavy atom. The molecular formula is H8HfO12S2. The van der Waals surface area contributed by atoms with E-state index in [2.05, 4.69) is 0 Å². The van der Waals surface area contributed by atoms with Gasteiger partial charge in [0.2, 0.25) is 0 Å². The zero-order valence-corrected chi connectivity index (χ0v) is 11.8. The second kappa shape index (κ2) is 16.9. The van der Waals surface area contributed by atoms with Crippen molar-refractivity contribution >= 4 is 20.8 Å². The van der Waals surface area contributed by atoms with Crippen molar-refractivity contribution in [3.05, 3.63) is 0 Å². The molecule has 0 unspecified atom stereocenters. The first-order valence-corrected chi connectivity index (χ1v) is 4.00. The minimum atomic E-state index is -5.17. The number of rotatable bonds is 0. The van der Waals surface area contributed by atoms with E-state index in [1.54, 1.807) is 0 Å². The Labute approximate surface area is 103 Å². The van der Waals surface area contributed by atoms with Gasteiger partial charge in [0.15, 0.2) is 0 Å². The summed E-state index contributed by atoms with van der Waals surface area (Å²) in [7, 11) is -10.3. The molecule has 0 aliphatic carbocycles. The molecule has 8 N–H and O–H groups in total. The van der Waals surface area contributed by atoms with Gasteiger partial charge >= 0.3 is 25.8 Å². The van der Waals surface area contributed by atoms with Crippen LogP contribution in [-0.2, 0) is 46.6 Å². The molecule has 0 radical (unpaired) electrons. The molecule has 0 saturated heterocycles. The van der Waals surface area contributed by atoms with Gasteiger partial charge in [0.25, 0.3) is 0 Å². The summed E-state index contributed by atoms with van der Waals surface area (Å²) in [6, 6.07) is 0. The van der Waals surface area contributed by atoms with E-state index in [-0.39, 0.29) is 47.7 Å². The van der Waals surface area contributed by atoms with Gasteiger partial charge in [-0.15, -0.1) is 0 Å². The molecule has 15 heteroatoms. The molecule has 0 aliphatic heterocycles. The Kier molecular flexibility index (Phi) is 50.8. The van der Waals surface area contributed by atoms with E-state index in [0.29, 0.717) is 0 Å². The van der Waals surface area contributed by atoms with Gasteiger partial charge in [-0.25, -0.2) is 0 Å². The van der Waals surface area contributed by atoms with Gasteiger partial charge in [0, 0.05) is 20.8 Å². The van der Waals surface area contributed by atoms with Crippen molar-refractivity contribution in [2.24, 2.45) is 0 Å². The fourth-order valence-electron chi connectivity index (χ4n) is 0. The van der Waals surface area contributed by atoms with E-state index in [4.69, 9.17) is 35.0 Å². The van der Waals surface area contributed by atoms with Crippen molar-refractivity contribution in [3.63, 3.8) is 0 Å². The molecule has 0 fully saturated rings. The molecule has 0 amide bonds. The van der Waals surface area contributed by atoms with E-state index in [0.717, 1.165) is 0 Å². The molecule has 96 valence electrons. The van der Waals surface area contributed by atoms with Gasteiger partial charge in [0.05, 0.1) is 0 Å². The van der Waals surface area contributed by atoms with Gasteiger partial charge in [-0.1, -0.05) is 0 Å². The zero-order chi connectivity index (χ0) is 9.00. The molecule has 0 atom stereocenters. The Morgan fingerprint density at radius 2 is 0.533 bits per heavy atom. The molecular weight excluding hydrogens is 435 g/mol. The SMILES string of the molecule is O.O.O.O.O=S(=O)([O-])[O-].O=S(=O)([O-])[O-].[Hf+4]. The second-order valence-corrected chi connectivity index (χ2v) is 2.45. The fourth-order valence-corrected chi connectivity index (χ4v) is 0. The van der Waals surface area contributed by atoms with Crippen LogP contribution in [0.1, 0.15) is 0 Å². The molecule has 0 aliphatic rings. The summed E-state index contributed by atoms with van der Waals surface area (Å²) in [6.07, 6.45) is 0. The van der Waals surface area contributed by atoms with Gasteiger partial charge < -0.3 is 40.1 Å². The third-order valence-electron chi connectivity index (χ3n) is 0. The average molecular weight is 443 g/mol. The van der Waals surface area contributed by atoms with Crippen LogP contribution < -0.4 is 0 Å². The Bertz CT molecular complexity index is 210. The van der Waals surface area contributed by atoms with Crippen LogP contribution in [0, 0.1) is 0 Å². The van der Waals surface area contributed by atoms with Crippen LogP contribution in [0.5, 0.6) is 0 Å². The van der Waals surface area contributed by atoms with Crippen molar-refractivity contribution in [2.45, 2.75) is 0 Å². The van der Waals surface area contributed by atoms with Crippen molar-refractivity contribution in [3.8, 4) is 0 Å². The van der Waals surface area contributed by atoms with Crippen LogP contribution in [0.2, 0.25) is 0 Å².